The first kappa shape index (κ1) is 19.1. The van der Waals surface area contributed by atoms with E-state index < -0.39 is 0 Å². The largest absolute Gasteiger partial charge is 0.486 e. The van der Waals surface area contributed by atoms with Gasteiger partial charge in [-0.15, -0.1) is 0 Å². The molecule has 31 heavy (non-hydrogen) atoms. The molecule has 5 rings (SSSR count). The molecule has 0 bridgehead atoms. The van der Waals surface area contributed by atoms with Gasteiger partial charge in [0.2, 0.25) is 0 Å². The number of nitrogens with one attached hydrogen (secondary N) is 2. The summed E-state index contributed by atoms with van der Waals surface area (Å²) in [5.41, 5.74) is 2.38. The highest BCUT2D eigenvalue weighted by Crippen LogP contribution is 2.37. The van der Waals surface area contributed by atoms with Crippen molar-refractivity contribution in [3.05, 3.63) is 77.9 Å². The Morgan fingerprint density at radius 1 is 0.806 bits per heavy atom. The van der Waals surface area contributed by atoms with Crippen molar-refractivity contribution in [3.8, 4) is 11.5 Å². The molecule has 0 radical (unpaired) electrons. The number of thiazole rings is 1. The lowest BCUT2D eigenvalue weighted by atomic mass is 10.1. The lowest BCUT2D eigenvalue weighted by Crippen LogP contribution is -2.15. The van der Waals surface area contributed by atoms with Crippen molar-refractivity contribution in [2.24, 2.45) is 0 Å². The summed E-state index contributed by atoms with van der Waals surface area (Å²) in [6.45, 7) is 1.02. The minimum Gasteiger partial charge on any atom is -0.486 e. The van der Waals surface area contributed by atoms with Crippen molar-refractivity contribution in [2.75, 3.05) is 23.8 Å². The van der Waals surface area contributed by atoms with E-state index in [0.717, 1.165) is 10.2 Å². The van der Waals surface area contributed by atoms with Crippen LogP contribution in [0.3, 0.4) is 0 Å². The molecule has 154 valence electrons. The average molecular weight is 431 g/mol. The van der Waals surface area contributed by atoms with E-state index in [1.165, 1.54) is 11.3 Å². The molecule has 3 aromatic carbocycles. The number of amides is 2. The van der Waals surface area contributed by atoms with Crippen molar-refractivity contribution < 1.29 is 19.1 Å². The summed E-state index contributed by atoms with van der Waals surface area (Å²) in [6.07, 6.45) is 0. The summed E-state index contributed by atoms with van der Waals surface area (Å²) < 4.78 is 12.1. The second-order valence-electron chi connectivity index (χ2n) is 6.83. The quantitative estimate of drug-likeness (QED) is 0.494. The Balaban J connectivity index is 1.27. The van der Waals surface area contributed by atoms with Gasteiger partial charge >= 0.3 is 0 Å². The van der Waals surface area contributed by atoms with Crippen LogP contribution in [0.25, 0.3) is 10.2 Å². The van der Waals surface area contributed by atoms with Crippen LogP contribution in [-0.4, -0.2) is 30.0 Å². The molecule has 1 aromatic heterocycles. The van der Waals surface area contributed by atoms with Gasteiger partial charge in [-0.05, 0) is 36.4 Å². The zero-order valence-electron chi connectivity index (χ0n) is 16.3. The summed E-state index contributed by atoms with van der Waals surface area (Å²) >= 11 is 1.37. The summed E-state index contributed by atoms with van der Waals surface area (Å²) in [6, 6.07) is 19.3. The molecule has 0 fully saturated rings. The molecule has 1 aliphatic heterocycles. The first-order chi connectivity index (χ1) is 15.2. The molecular weight excluding hydrogens is 414 g/mol. The predicted octanol–water partition coefficient (Wildman–Crippen LogP) is 4.57. The molecule has 0 saturated carbocycles. The average Bonchev–Trinajstić information content (AvgIpc) is 3.19. The van der Waals surface area contributed by atoms with Crippen LogP contribution < -0.4 is 20.1 Å². The van der Waals surface area contributed by atoms with E-state index in [4.69, 9.17) is 9.47 Å². The first-order valence-corrected chi connectivity index (χ1v) is 10.5. The van der Waals surface area contributed by atoms with Gasteiger partial charge in [-0.2, -0.15) is 0 Å². The Bertz CT molecular complexity index is 1230. The van der Waals surface area contributed by atoms with Gasteiger partial charge in [0.1, 0.15) is 13.2 Å². The number of benzene rings is 3. The van der Waals surface area contributed by atoms with E-state index in [-0.39, 0.29) is 11.8 Å². The molecule has 2 amide bonds. The highest BCUT2D eigenvalue weighted by atomic mass is 32.1. The van der Waals surface area contributed by atoms with Gasteiger partial charge in [0, 0.05) is 28.9 Å². The highest BCUT2D eigenvalue weighted by Gasteiger charge is 2.16. The monoisotopic (exact) mass is 431 g/mol. The third kappa shape index (κ3) is 4.06. The van der Waals surface area contributed by atoms with Crippen LogP contribution in [0.5, 0.6) is 11.5 Å². The van der Waals surface area contributed by atoms with Crippen LogP contribution in [0.4, 0.5) is 10.8 Å². The van der Waals surface area contributed by atoms with Crippen molar-refractivity contribution in [3.63, 3.8) is 0 Å². The van der Waals surface area contributed by atoms with Gasteiger partial charge in [-0.25, -0.2) is 4.98 Å². The molecule has 8 heteroatoms. The topological polar surface area (TPSA) is 89.6 Å². The Kier molecular flexibility index (Phi) is 4.97. The minimum absolute atomic E-state index is 0.206. The number of rotatable bonds is 4. The smallest absolute Gasteiger partial charge is 0.257 e. The Hall–Kier alpha value is -3.91. The van der Waals surface area contributed by atoms with Crippen molar-refractivity contribution in [1.82, 2.24) is 4.98 Å². The maximum Gasteiger partial charge on any atom is 0.257 e. The van der Waals surface area contributed by atoms with Crippen LogP contribution in [-0.2, 0) is 0 Å². The molecule has 1 aliphatic rings. The summed E-state index contributed by atoms with van der Waals surface area (Å²) in [4.78, 5) is 29.3. The van der Waals surface area contributed by atoms with Gasteiger partial charge in [0.15, 0.2) is 16.6 Å². The van der Waals surface area contributed by atoms with Gasteiger partial charge in [-0.1, -0.05) is 29.5 Å². The number of hydrogen-bond acceptors (Lipinski definition) is 6. The van der Waals surface area contributed by atoms with E-state index in [1.807, 2.05) is 18.2 Å². The fourth-order valence-corrected chi connectivity index (χ4v) is 4.06. The molecule has 2 N–H and O–H groups in total. The third-order valence-corrected chi connectivity index (χ3v) is 5.65. The second kappa shape index (κ2) is 8.08. The van der Waals surface area contributed by atoms with Crippen molar-refractivity contribution >= 4 is 44.2 Å². The third-order valence-electron chi connectivity index (χ3n) is 4.71. The number of fused-ring (bicyclic) bond motifs is 2. The van der Waals surface area contributed by atoms with Crippen molar-refractivity contribution in [1.29, 1.82) is 0 Å². The van der Waals surface area contributed by atoms with Gasteiger partial charge < -0.3 is 14.8 Å². The SMILES string of the molecule is O=C(Nc1ccc(C(=O)Nc2nc3cc4c(cc3s2)OCCO4)cc1)c1ccccc1. The zero-order chi connectivity index (χ0) is 21.2. The van der Waals surface area contributed by atoms with E-state index in [2.05, 4.69) is 15.6 Å². The molecular formula is C23H17N3O4S. The summed E-state index contributed by atoms with van der Waals surface area (Å²) in [5, 5.41) is 6.13. The molecule has 7 nitrogen and oxygen atoms in total. The van der Waals surface area contributed by atoms with Crippen LogP contribution >= 0.6 is 11.3 Å². The van der Waals surface area contributed by atoms with E-state index in [0.29, 0.717) is 46.7 Å². The fraction of sp³-hybridized carbons (Fsp3) is 0.0870. The van der Waals surface area contributed by atoms with Crippen LogP contribution in [0.15, 0.2) is 66.7 Å². The van der Waals surface area contributed by atoms with E-state index in [9.17, 15) is 9.59 Å². The second-order valence-corrected chi connectivity index (χ2v) is 7.86. The zero-order valence-corrected chi connectivity index (χ0v) is 17.1. The van der Waals surface area contributed by atoms with E-state index in [1.54, 1.807) is 48.5 Å². The summed E-state index contributed by atoms with van der Waals surface area (Å²) in [7, 11) is 0. The number of aromatic nitrogens is 1. The van der Waals surface area contributed by atoms with Crippen LogP contribution in [0.2, 0.25) is 0 Å². The van der Waals surface area contributed by atoms with Gasteiger partial charge in [0.25, 0.3) is 11.8 Å². The van der Waals surface area contributed by atoms with Gasteiger partial charge in [-0.3, -0.25) is 14.9 Å². The number of hydrogen-bond donors (Lipinski definition) is 2. The molecule has 0 aliphatic carbocycles. The molecule has 2 heterocycles. The Labute approximate surface area is 181 Å². The van der Waals surface area contributed by atoms with Crippen molar-refractivity contribution in [2.45, 2.75) is 0 Å². The standard InChI is InChI=1S/C23H17N3O4S/c27-21(14-4-2-1-3-5-14)24-16-8-6-15(7-9-16)22(28)26-23-25-17-12-18-19(13-20(17)31-23)30-11-10-29-18/h1-9,12-13H,10-11H2,(H,24,27)(H,25,26,28). The summed E-state index contributed by atoms with van der Waals surface area (Å²) in [5.74, 6) is 0.865. The number of nitrogens with zero attached hydrogens (tertiary/aromatic N) is 1. The minimum atomic E-state index is -0.280. The van der Waals surface area contributed by atoms with Crippen LogP contribution in [0, 0.1) is 0 Å². The molecule has 0 atom stereocenters. The predicted molar refractivity (Wildman–Crippen MR) is 119 cm³/mol. The Morgan fingerprint density at radius 2 is 1.45 bits per heavy atom. The molecule has 0 saturated heterocycles. The van der Waals surface area contributed by atoms with Gasteiger partial charge in [0.05, 0.1) is 10.2 Å². The number of carbonyl (C=O) groups excluding carboxylic acids is 2. The first-order valence-electron chi connectivity index (χ1n) is 9.64. The fourth-order valence-electron chi connectivity index (χ4n) is 3.19. The maximum atomic E-state index is 12.6. The number of anilines is 2. The van der Waals surface area contributed by atoms with E-state index >= 15 is 0 Å². The number of ether oxygens (including phenoxy) is 2. The lowest BCUT2D eigenvalue weighted by molar-refractivity contribution is 0.102. The Morgan fingerprint density at radius 3 is 2.19 bits per heavy atom. The lowest BCUT2D eigenvalue weighted by Gasteiger charge is -2.17. The molecule has 0 unspecified atom stereocenters. The molecule has 0 spiro atoms. The van der Waals surface area contributed by atoms with Crippen LogP contribution in [0.1, 0.15) is 20.7 Å². The maximum absolute atomic E-state index is 12.6. The highest BCUT2D eigenvalue weighted by molar-refractivity contribution is 7.22. The normalized spacial score (nSPS) is 12.4. The number of carbonyl (C=O) groups is 2. The molecule has 4 aromatic rings.